The van der Waals surface area contributed by atoms with Crippen LogP contribution in [0.4, 0.5) is 0 Å². The summed E-state index contributed by atoms with van der Waals surface area (Å²) in [5.74, 6) is 0.904. The fourth-order valence-electron chi connectivity index (χ4n) is 2.12. The normalized spacial score (nSPS) is 18.9. The van der Waals surface area contributed by atoms with Gasteiger partial charge in [0.2, 0.25) is 0 Å². The van der Waals surface area contributed by atoms with Gasteiger partial charge >= 0.3 is 0 Å². The molecule has 1 heterocycles. The van der Waals surface area contributed by atoms with Gasteiger partial charge in [0.1, 0.15) is 5.75 Å². The molecule has 102 valence electrons. The molecule has 3 nitrogen and oxygen atoms in total. The van der Waals surface area contributed by atoms with Crippen molar-refractivity contribution in [3.05, 3.63) is 34.4 Å². The summed E-state index contributed by atoms with van der Waals surface area (Å²) in [6.45, 7) is 4.04. The molecule has 1 aliphatic heterocycles. The van der Waals surface area contributed by atoms with Crippen LogP contribution in [-0.2, 0) is 4.79 Å². The van der Waals surface area contributed by atoms with Crippen LogP contribution in [0.2, 0.25) is 5.02 Å². The highest BCUT2D eigenvalue weighted by Crippen LogP contribution is 2.27. The minimum absolute atomic E-state index is 0.225. The number of rotatable bonds is 3. The third kappa shape index (κ3) is 3.58. The van der Waals surface area contributed by atoms with Gasteiger partial charge in [0.15, 0.2) is 5.78 Å². The van der Waals surface area contributed by atoms with Gasteiger partial charge < -0.3 is 9.64 Å². The lowest BCUT2D eigenvalue weighted by atomic mass is 10.0. The molecule has 0 amide bonds. The molecule has 1 aromatic rings. The van der Waals surface area contributed by atoms with Crippen LogP contribution in [0.3, 0.4) is 0 Å². The molecule has 1 aliphatic rings. The highest BCUT2D eigenvalue weighted by molar-refractivity contribution is 6.32. The Hall–Kier alpha value is -1.32. The molecular formula is C15H18ClNO2. The maximum atomic E-state index is 11.8. The maximum absolute atomic E-state index is 11.8. The zero-order valence-corrected chi connectivity index (χ0v) is 12.0. The molecular weight excluding hydrogens is 262 g/mol. The smallest absolute Gasteiger partial charge is 0.161 e. The lowest BCUT2D eigenvalue weighted by molar-refractivity contribution is -0.117. The van der Waals surface area contributed by atoms with E-state index in [0.717, 1.165) is 17.7 Å². The number of Topliss-reactive ketones (excluding diaryl/α,β-unsaturated/α-hetero) is 1. The molecule has 0 N–H and O–H groups in total. The summed E-state index contributed by atoms with van der Waals surface area (Å²) in [6.07, 6.45) is 2.51. The van der Waals surface area contributed by atoms with Gasteiger partial charge in [0.05, 0.1) is 11.6 Å². The molecule has 0 spiro atoms. The molecule has 0 bridgehead atoms. The Morgan fingerprint density at radius 3 is 2.95 bits per heavy atom. The van der Waals surface area contributed by atoms with E-state index in [1.54, 1.807) is 0 Å². The van der Waals surface area contributed by atoms with Gasteiger partial charge in [-0.15, -0.1) is 0 Å². The Labute approximate surface area is 118 Å². The zero-order valence-electron chi connectivity index (χ0n) is 11.3. The summed E-state index contributed by atoms with van der Waals surface area (Å²) in [6, 6.07) is 5.60. The quantitative estimate of drug-likeness (QED) is 0.797. The van der Waals surface area contributed by atoms with E-state index in [4.69, 9.17) is 16.3 Å². The third-order valence-corrected chi connectivity index (χ3v) is 3.41. The van der Waals surface area contributed by atoms with Gasteiger partial charge in [0.25, 0.3) is 0 Å². The number of likely N-dealkylation sites (tertiary alicyclic amines) is 1. The molecule has 0 saturated carbocycles. The topological polar surface area (TPSA) is 29.5 Å². The summed E-state index contributed by atoms with van der Waals surface area (Å²) >= 11 is 6.14. The number of piperidine rings is 1. The van der Waals surface area contributed by atoms with Gasteiger partial charge in [-0.05, 0) is 37.7 Å². The van der Waals surface area contributed by atoms with E-state index >= 15 is 0 Å². The number of hydrogen-bond donors (Lipinski definition) is 0. The van der Waals surface area contributed by atoms with Gasteiger partial charge in [-0.2, -0.15) is 0 Å². The van der Waals surface area contributed by atoms with Crippen LogP contribution in [-0.4, -0.2) is 37.4 Å². The van der Waals surface area contributed by atoms with E-state index in [9.17, 15) is 4.79 Å². The van der Waals surface area contributed by atoms with Crippen LogP contribution in [0, 0.1) is 0 Å². The monoisotopic (exact) mass is 279 g/mol. The van der Waals surface area contributed by atoms with E-state index in [-0.39, 0.29) is 5.78 Å². The second kappa shape index (κ2) is 6.22. The van der Waals surface area contributed by atoms with Crippen molar-refractivity contribution in [2.45, 2.75) is 13.3 Å². The largest absolute Gasteiger partial charge is 0.492 e. The number of carbonyl (C=O) groups excluding carboxylic acids is 1. The molecule has 0 unspecified atom stereocenters. The van der Waals surface area contributed by atoms with Crippen molar-refractivity contribution in [3.63, 3.8) is 0 Å². The number of nitrogens with zero attached hydrogens (tertiary/aromatic N) is 1. The van der Waals surface area contributed by atoms with E-state index in [1.807, 2.05) is 38.2 Å². The number of benzene rings is 1. The van der Waals surface area contributed by atoms with E-state index in [1.165, 1.54) is 0 Å². The van der Waals surface area contributed by atoms with Gasteiger partial charge in [-0.25, -0.2) is 0 Å². The molecule has 1 aromatic carbocycles. The fourth-order valence-corrected chi connectivity index (χ4v) is 2.36. The molecule has 0 radical (unpaired) electrons. The number of halogens is 1. The van der Waals surface area contributed by atoms with Crippen LogP contribution in [0.5, 0.6) is 5.75 Å². The minimum Gasteiger partial charge on any atom is -0.492 e. The lowest BCUT2D eigenvalue weighted by Crippen LogP contribution is -2.32. The molecule has 4 heteroatoms. The molecule has 1 saturated heterocycles. The summed E-state index contributed by atoms with van der Waals surface area (Å²) in [7, 11) is 2.02. The van der Waals surface area contributed by atoms with Gasteiger partial charge in [-0.3, -0.25) is 4.79 Å². The second-order valence-corrected chi connectivity index (χ2v) is 5.11. The van der Waals surface area contributed by atoms with Crippen molar-refractivity contribution in [1.82, 2.24) is 4.90 Å². The first kappa shape index (κ1) is 14.1. The first-order valence-corrected chi connectivity index (χ1v) is 6.82. The first-order valence-electron chi connectivity index (χ1n) is 6.45. The zero-order chi connectivity index (χ0) is 13.8. The Morgan fingerprint density at radius 1 is 1.47 bits per heavy atom. The van der Waals surface area contributed by atoms with Crippen LogP contribution in [0.15, 0.2) is 23.8 Å². The van der Waals surface area contributed by atoms with E-state index in [0.29, 0.717) is 30.3 Å². The van der Waals surface area contributed by atoms with Crippen molar-refractivity contribution in [2.24, 2.45) is 0 Å². The molecule has 19 heavy (non-hydrogen) atoms. The highest BCUT2D eigenvalue weighted by Gasteiger charge is 2.18. The number of carbonyl (C=O) groups is 1. The Kier molecular flexibility index (Phi) is 4.61. The number of ketones is 1. The third-order valence-electron chi connectivity index (χ3n) is 3.12. The number of likely N-dealkylation sites (N-methyl/N-ethyl adjacent to an activating group) is 1. The maximum Gasteiger partial charge on any atom is 0.161 e. The summed E-state index contributed by atoms with van der Waals surface area (Å²) in [5, 5.41) is 0.577. The Bertz CT molecular complexity index is 511. The predicted molar refractivity (Wildman–Crippen MR) is 77.7 cm³/mol. The average Bonchev–Trinajstić information content (AvgIpc) is 2.37. The fraction of sp³-hybridized carbons (Fsp3) is 0.400. The van der Waals surface area contributed by atoms with E-state index < -0.39 is 0 Å². The average molecular weight is 280 g/mol. The summed E-state index contributed by atoms with van der Waals surface area (Å²) < 4.78 is 5.39. The van der Waals surface area contributed by atoms with Crippen LogP contribution < -0.4 is 4.74 Å². The lowest BCUT2D eigenvalue weighted by Gasteiger charge is -2.23. The SMILES string of the molecule is CCOc1ccc(/C=C2\CN(C)CCC2=O)cc1Cl. The Balaban J connectivity index is 2.22. The molecule has 1 fully saturated rings. The van der Waals surface area contributed by atoms with Crippen LogP contribution >= 0.6 is 11.6 Å². The van der Waals surface area contributed by atoms with E-state index in [2.05, 4.69) is 4.90 Å². The molecule has 0 aromatic heterocycles. The summed E-state index contributed by atoms with van der Waals surface area (Å²) in [5.41, 5.74) is 1.78. The standard InChI is InChI=1S/C15H18ClNO2/c1-3-19-15-5-4-11(9-13(15)16)8-12-10-17(2)7-6-14(12)18/h4-5,8-9H,3,6-7,10H2,1-2H3/b12-8+. The van der Waals surface area contributed by atoms with Gasteiger partial charge in [-0.1, -0.05) is 17.7 Å². The van der Waals surface area contributed by atoms with Gasteiger partial charge in [0, 0.05) is 25.1 Å². The van der Waals surface area contributed by atoms with Crippen LogP contribution in [0.1, 0.15) is 18.9 Å². The highest BCUT2D eigenvalue weighted by atomic mass is 35.5. The molecule has 0 atom stereocenters. The van der Waals surface area contributed by atoms with Crippen molar-refractivity contribution in [1.29, 1.82) is 0 Å². The van der Waals surface area contributed by atoms with Crippen molar-refractivity contribution >= 4 is 23.5 Å². The van der Waals surface area contributed by atoms with Crippen molar-refractivity contribution in [3.8, 4) is 5.75 Å². The number of hydrogen-bond acceptors (Lipinski definition) is 3. The minimum atomic E-state index is 0.225. The summed E-state index contributed by atoms with van der Waals surface area (Å²) in [4.78, 5) is 14.0. The Morgan fingerprint density at radius 2 is 2.26 bits per heavy atom. The van der Waals surface area contributed by atoms with Crippen LogP contribution in [0.25, 0.3) is 6.08 Å². The first-order chi connectivity index (χ1) is 9.10. The van der Waals surface area contributed by atoms with Crippen molar-refractivity contribution < 1.29 is 9.53 Å². The predicted octanol–water partition coefficient (Wildman–Crippen LogP) is 3.03. The molecule has 2 rings (SSSR count). The molecule has 0 aliphatic carbocycles. The van der Waals surface area contributed by atoms with Crippen molar-refractivity contribution in [2.75, 3.05) is 26.7 Å². The second-order valence-electron chi connectivity index (χ2n) is 4.70. The number of ether oxygens (including phenoxy) is 1.